The summed E-state index contributed by atoms with van der Waals surface area (Å²) in [6.45, 7) is 0. The van der Waals surface area contributed by atoms with Crippen LogP contribution in [-0.2, 0) is 0 Å². The van der Waals surface area contributed by atoms with Crippen molar-refractivity contribution in [2.24, 2.45) is 0 Å². The number of rotatable bonds is 0. The Labute approximate surface area is 109 Å². The fourth-order valence-corrected chi connectivity index (χ4v) is 2.62. The predicted molar refractivity (Wildman–Crippen MR) is 43.5 cm³/mol. The van der Waals surface area contributed by atoms with Crippen molar-refractivity contribution in [1.82, 2.24) is 0 Å². The summed E-state index contributed by atoms with van der Waals surface area (Å²) >= 11 is 0. The van der Waals surface area contributed by atoms with Crippen LogP contribution in [0.25, 0.3) is 0 Å². The Kier molecular flexibility index (Phi) is 4.56. The molecule has 10 heavy (non-hydrogen) atoms. The van der Waals surface area contributed by atoms with E-state index in [2.05, 4.69) is 0 Å². The van der Waals surface area contributed by atoms with Gasteiger partial charge in [0.15, 0.2) is 0 Å². The molecular formula is C8H16BK. The van der Waals surface area contributed by atoms with Gasteiger partial charge >= 0.3 is 51.4 Å². The van der Waals surface area contributed by atoms with E-state index in [1.165, 1.54) is 12.8 Å². The summed E-state index contributed by atoms with van der Waals surface area (Å²) in [6.07, 6.45) is 9.28. The summed E-state index contributed by atoms with van der Waals surface area (Å²) in [6, 6.07) is 0. The fraction of sp³-hybridized carbons (Fsp3) is 1.00. The quantitative estimate of drug-likeness (QED) is 0.421. The minimum atomic E-state index is 0. The zero-order valence-electron chi connectivity index (χ0n) is 8.10. The molecule has 0 saturated carbocycles. The molecule has 0 aliphatic carbocycles. The van der Waals surface area contributed by atoms with Crippen LogP contribution in [-0.4, -0.2) is 7.28 Å². The summed E-state index contributed by atoms with van der Waals surface area (Å²) in [5.74, 6) is 2.30. The van der Waals surface area contributed by atoms with Crippen molar-refractivity contribution >= 4 is 7.28 Å². The second kappa shape index (κ2) is 4.66. The second-order valence-electron chi connectivity index (χ2n) is 3.83. The third kappa shape index (κ3) is 2.34. The monoisotopic (exact) mass is 162 g/mol. The molecule has 2 fully saturated rings. The Morgan fingerprint density at radius 3 is 1.60 bits per heavy atom. The Morgan fingerprint density at radius 1 is 0.900 bits per heavy atom. The molecule has 0 spiro atoms. The van der Waals surface area contributed by atoms with Gasteiger partial charge in [-0.15, -0.1) is 0 Å². The van der Waals surface area contributed by atoms with Crippen molar-refractivity contribution in [3.63, 3.8) is 0 Å². The average Bonchev–Trinajstić information content (AvgIpc) is 1.88. The minimum absolute atomic E-state index is 0. The van der Waals surface area contributed by atoms with Gasteiger partial charge in [-0.1, -0.05) is 50.2 Å². The van der Waals surface area contributed by atoms with Gasteiger partial charge in [0.1, 0.15) is 7.28 Å². The average molecular weight is 162 g/mol. The molecule has 0 radical (unpaired) electrons. The largest absolute Gasteiger partial charge is 1.00 e. The van der Waals surface area contributed by atoms with Gasteiger partial charge in [0.05, 0.1) is 0 Å². The Morgan fingerprint density at radius 2 is 1.30 bits per heavy atom. The molecule has 2 saturated heterocycles. The van der Waals surface area contributed by atoms with Gasteiger partial charge in [-0.3, -0.25) is 0 Å². The Balaban J connectivity index is 0.000000500. The SMILES string of the molecule is B1C2CCCC1CCC2.[H-].[K+]. The first-order valence-electron chi connectivity index (χ1n) is 4.45. The second-order valence-corrected chi connectivity index (χ2v) is 3.83. The molecule has 0 aromatic heterocycles. The van der Waals surface area contributed by atoms with Crippen molar-refractivity contribution in [2.45, 2.75) is 50.2 Å². The minimum Gasteiger partial charge on any atom is -1.00 e. The Bertz CT molecular complexity index is 90.3. The molecule has 2 heteroatoms. The van der Waals surface area contributed by atoms with E-state index >= 15 is 0 Å². The van der Waals surface area contributed by atoms with Crippen LogP contribution < -0.4 is 51.4 Å². The van der Waals surface area contributed by atoms with Gasteiger partial charge in [-0.05, 0) is 0 Å². The molecule has 2 aliphatic heterocycles. The predicted octanol–water partition coefficient (Wildman–Crippen LogP) is -0.516. The molecule has 2 heterocycles. The smallest absolute Gasteiger partial charge is 1.00 e. The van der Waals surface area contributed by atoms with Crippen LogP contribution in [0.4, 0.5) is 0 Å². The van der Waals surface area contributed by atoms with Crippen LogP contribution >= 0.6 is 0 Å². The van der Waals surface area contributed by atoms with Crippen LogP contribution in [0.1, 0.15) is 40.0 Å². The molecule has 2 bridgehead atoms. The van der Waals surface area contributed by atoms with E-state index in [9.17, 15) is 0 Å². The standard InChI is InChI=1S/C8H15B.K.H/c1-3-7-5-2-6-8(4-1)9-7;;/h7-9H,1-6H2;;/q;+1;-1. The summed E-state index contributed by atoms with van der Waals surface area (Å²) in [7, 11) is 1.58. The summed E-state index contributed by atoms with van der Waals surface area (Å²) in [4.78, 5) is 0. The van der Waals surface area contributed by atoms with Crippen LogP contribution in [0, 0.1) is 0 Å². The molecule has 0 nitrogen and oxygen atoms in total. The van der Waals surface area contributed by atoms with E-state index in [0.29, 0.717) is 0 Å². The van der Waals surface area contributed by atoms with Gasteiger partial charge < -0.3 is 1.43 Å². The van der Waals surface area contributed by atoms with Crippen LogP contribution in [0.3, 0.4) is 0 Å². The van der Waals surface area contributed by atoms with E-state index in [0.717, 1.165) is 11.6 Å². The van der Waals surface area contributed by atoms with Gasteiger partial charge in [-0.25, -0.2) is 0 Å². The van der Waals surface area contributed by atoms with E-state index in [4.69, 9.17) is 0 Å². The van der Waals surface area contributed by atoms with Gasteiger partial charge in [0, 0.05) is 0 Å². The maximum Gasteiger partial charge on any atom is 1.00 e. The summed E-state index contributed by atoms with van der Waals surface area (Å²) < 4.78 is 0. The van der Waals surface area contributed by atoms with Gasteiger partial charge in [0.25, 0.3) is 0 Å². The topological polar surface area (TPSA) is 0 Å². The summed E-state index contributed by atoms with van der Waals surface area (Å²) in [5, 5.41) is 0. The van der Waals surface area contributed by atoms with Gasteiger partial charge in [0.2, 0.25) is 0 Å². The zero-order valence-corrected chi connectivity index (χ0v) is 10.2. The van der Waals surface area contributed by atoms with E-state index in [1.807, 2.05) is 0 Å². The molecule has 0 unspecified atom stereocenters. The third-order valence-corrected chi connectivity index (χ3v) is 3.12. The van der Waals surface area contributed by atoms with Crippen molar-refractivity contribution in [1.29, 1.82) is 0 Å². The van der Waals surface area contributed by atoms with Crippen LogP contribution in [0.5, 0.6) is 0 Å². The molecular weight excluding hydrogens is 146 g/mol. The molecule has 0 atom stereocenters. The Hall–Kier alpha value is 1.70. The number of fused-ring (bicyclic) bond motifs is 2. The van der Waals surface area contributed by atoms with E-state index in [-0.39, 0.29) is 52.8 Å². The first-order chi connectivity index (χ1) is 4.45. The van der Waals surface area contributed by atoms with Crippen molar-refractivity contribution < 1.29 is 52.8 Å². The molecule has 0 amide bonds. The molecule has 0 aromatic carbocycles. The molecule has 2 rings (SSSR count). The maximum absolute atomic E-state index is 1.58. The van der Waals surface area contributed by atoms with Crippen LogP contribution in [0.15, 0.2) is 0 Å². The molecule has 52 valence electrons. The normalized spacial score (nSPS) is 37.6. The van der Waals surface area contributed by atoms with Crippen molar-refractivity contribution in [3.8, 4) is 0 Å². The van der Waals surface area contributed by atoms with Crippen molar-refractivity contribution in [2.75, 3.05) is 0 Å². The maximum atomic E-state index is 1.58. The first-order valence-corrected chi connectivity index (χ1v) is 4.45. The van der Waals surface area contributed by atoms with E-state index < -0.39 is 0 Å². The molecule has 0 aromatic rings. The molecule has 2 aliphatic rings. The first kappa shape index (κ1) is 9.79. The van der Waals surface area contributed by atoms with E-state index in [1.54, 1.807) is 33.0 Å². The van der Waals surface area contributed by atoms with Crippen LogP contribution in [0.2, 0.25) is 11.6 Å². The van der Waals surface area contributed by atoms with Crippen molar-refractivity contribution in [3.05, 3.63) is 0 Å². The van der Waals surface area contributed by atoms with Gasteiger partial charge in [-0.2, -0.15) is 0 Å². The third-order valence-electron chi connectivity index (χ3n) is 3.12. The zero-order chi connectivity index (χ0) is 6.10. The number of hydrogen-bond acceptors (Lipinski definition) is 0. The fourth-order valence-electron chi connectivity index (χ4n) is 2.62. The molecule has 0 N–H and O–H groups in total. The summed E-state index contributed by atoms with van der Waals surface area (Å²) in [5.41, 5.74) is 0. The number of hydrogen-bond donors (Lipinski definition) is 0.